The molecule has 3 rings (SSSR count). The van der Waals surface area contributed by atoms with Crippen molar-refractivity contribution in [3.63, 3.8) is 0 Å². The van der Waals surface area contributed by atoms with Crippen molar-refractivity contribution in [2.45, 2.75) is 56.9 Å². The summed E-state index contributed by atoms with van der Waals surface area (Å²) in [5.41, 5.74) is 1.35. The lowest BCUT2D eigenvalue weighted by atomic mass is 9.69. The SMILES string of the molecule is CC1(C)COC(C2(c3ccccc3)CCCCC2)=N1. The molecule has 1 aromatic carbocycles. The van der Waals surface area contributed by atoms with Gasteiger partial charge in [0.05, 0.1) is 11.0 Å². The molecule has 0 N–H and O–H groups in total. The van der Waals surface area contributed by atoms with Crippen LogP contribution in [0, 0.1) is 0 Å². The van der Waals surface area contributed by atoms with E-state index in [4.69, 9.17) is 9.73 Å². The van der Waals surface area contributed by atoms with Crippen molar-refractivity contribution in [3.05, 3.63) is 35.9 Å². The zero-order valence-corrected chi connectivity index (χ0v) is 12.0. The predicted molar refractivity (Wildman–Crippen MR) is 78.7 cm³/mol. The number of hydrogen-bond donors (Lipinski definition) is 0. The highest BCUT2D eigenvalue weighted by atomic mass is 16.5. The van der Waals surface area contributed by atoms with Crippen LogP contribution < -0.4 is 0 Å². The lowest BCUT2D eigenvalue weighted by Crippen LogP contribution is -2.38. The van der Waals surface area contributed by atoms with Crippen LogP contribution in [0.15, 0.2) is 35.3 Å². The summed E-state index contributed by atoms with van der Waals surface area (Å²) in [5, 5.41) is 0. The van der Waals surface area contributed by atoms with Gasteiger partial charge in [0.15, 0.2) is 5.90 Å². The monoisotopic (exact) mass is 257 g/mol. The van der Waals surface area contributed by atoms with Gasteiger partial charge in [0.1, 0.15) is 6.61 Å². The van der Waals surface area contributed by atoms with Crippen molar-refractivity contribution in [1.29, 1.82) is 0 Å². The zero-order valence-electron chi connectivity index (χ0n) is 12.0. The summed E-state index contributed by atoms with van der Waals surface area (Å²) in [6.45, 7) is 5.03. The smallest absolute Gasteiger partial charge is 0.194 e. The van der Waals surface area contributed by atoms with Gasteiger partial charge >= 0.3 is 0 Å². The van der Waals surface area contributed by atoms with Crippen molar-refractivity contribution >= 4 is 5.90 Å². The minimum Gasteiger partial charge on any atom is -0.478 e. The molecule has 2 heteroatoms. The Morgan fingerprint density at radius 1 is 1.00 bits per heavy atom. The summed E-state index contributed by atoms with van der Waals surface area (Å²) in [4.78, 5) is 4.89. The molecule has 2 nitrogen and oxygen atoms in total. The van der Waals surface area contributed by atoms with Gasteiger partial charge in [-0.25, -0.2) is 4.99 Å². The first kappa shape index (κ1) is 12.7. The average Bonchev–Trinajstić information content (AvgIpc) is 2.81. The maximum absolute atomic E-state index is 6.02. The van der Waals surface area contributed by atoms with Crippen LogP contribution in [0.4, 0.5) is 0 Å². The first-order valence-corrected chi connectivity index (χ1v) is 7.41. The van der Waals surface area contributed by atoms with Crippen LogP contribution in [0.1, 0.15) is 51.5 Å². The Kier molecular flexibility index (Phi) is 3.12. The summed E-state index contributed by atoms with van der Waals surface area (Å²) in [5.74, 6) is 0.989. The van der Waals surface area contributed by atoms with E-state index in [9.17, 15) is 0 Å². The van der Waals surface area contributed by atoms with Crippen molar-refractivity contribution in [1.82, 2.24) is 0 Å². The van der Waals surface area contributed by atoms with Gasteiger partial charge in [0.25, 0.3) is 0 Å². The van der Waals surface area contributed by atoms with Gasteiger partial charge in [-0.05, 0) is 32.3 Å². The molecule has 1 aliphatic heterocycles. The Labute approximate surface area is 115 Å². The molecule has 0 aromatic heterocycles. The van der Waals surface area contributed by atoms with Gasteiger partial charge in [-0.3, -0.25) is 0 Å². The van der Waals surface area contributed by atoms with Gasteiger partial charge in [-0.15, -0.1) is 0 Å². The number of ether oxygens (including phenoxy) is 1. The Balaban J connectivity index is 2.03. The molecule has 0 bridgehead atoms. The van der Waals surface area contributed by atoms with E-state index in [1.807, 2.05) is 0 Å². The normalized spacial score (nSPS) is 24.6. The van der Waals surface area contributed by atoms with Crippen LogP contribution in [0.2, 0.25) is 0 Å². The molecule has 0 atom stereocenters. The van der Waals surface area contributed by atoms with Crippen molar-refractivity contribution in [2.75, 3.05) is 6.61 Å². The second kappa shape index (κ2) is 4.66. The summed E-state index contributed by atoms with van der Waals surface area (Å²) in [7, 11) is 0. The summed E-state index contributed by atoms with van der Waals surface area (Å²) < 4.78 is 6.02. The molecule has 0 radical (unpaired) electrons. The zero-order chi connectivity index (χ0) is 13.3. The molecular formula is C17H23NO. The van der Waals surface area contributed by atoms with Gasteiger partial charge in [-0.2, -0.15) is 0 Å². The van der Waals surface area contributed by atoms with E-state index in [1.54, 1.807) is 0 Å². The standard InChI is InChI=1S/C17H23NO/c1-16(2)13-19-15(18-16)17(11-7-4-8-12-17)14-9-5-3-6-10-14/h3,5-6,9-10H,4,7-8,11-13H2,1-2H3. The first-order valence-electron chi connectivity index (χ1n) is 7.41. The maximum atomic E-state index is 6.02. The molecule has 102 valence electrons. The predicted octanol–water partition coefficient (Wildman–Crippen LogP) is 4.10. The van der Waals surface area contributed by atoms with Crippen molar-refractivity contribution in [3.8, 4) is 0 Å². The van der Waals surface area contributed by atoms with E-state index in [1.165, 1.54) is 37.7 Å². The van der Waals surface area contributed by atoms with Gasteiger partial charge in [-0.1, -0.05) is 49.6 Å². The van der Waals surface area contributed by atoms with Crippen LogP contribution >= 0.6 is 0 Å². The topological polar surface area (TPSA) is 21.6 Å². The lowest BCUT2D eigenvalue weighted by molar-refractivity contribution is 0.242. The minimum atomic E-state index is -0.0610. The Morgan fingerprint density at radius 2 is 1.68 bits per heavy atom. The number of benzene rings is 1. The van der Waals surface area contributed by atoms with Gasteiger partial charge in [0.2, 0.25) is 0 Å². The molecule has 1 saturated carbocycles. The molecule has 0 saturated heterocycles. The third-order valence-electron chi connectivity index (χ3n) is 4.41. The fourth-order valence-corrected chi connectivity index (χ4v) is 3.37. The number of rotatable bonds is 2. The largest absolute Gasteiger partial charge is 0.478 e. The van der Waals surface area contributed by atoms with E-state index >= 15 is 0 Å². The maximum Gasteiger partial charge on any atom is 0.194 e. The second-order valence-electron chi connectivity index (χ2n) is 6.53. The number of aliphatic imine (C=N–C) groups is 1. The van der Waals surface area contributed by atoms with Crippen LogP contribution in [0.3, 0.4) is 0 Å². The number of hydrogen-bond acceptors (Lipinski definition) is 2. The Bertz CT molecular complexity index is 469. The molecular weight excluding hydrogens is 234 g/mol. The second-order valence-corrected chi connectivity index (χ2v) is 6.53. The molecule has 1 heterocycles. The van der Waals surface area contributed by atoms with E-state index in [0.29, 0.717) is 0 Å². The van der Waals surface area contributed by atoms with Crippen LogP contribution in [-0.4, -0.2) is 18.0 Å². The average molecular weight is 257 g/mol. The third-order valence-corrected chi connectivity index (χ3v) is 4.41. The first-order chi connectivity index (χ1) is 9.12. The van der Waals surface area contributed by atoms with Crippen LogP contribution in [0.25, 0.3) is 0 Å². The van der Waals surface area contributed by atoms with Crippen LogP contribution in [-0.2, 0) is 10.2 Å². The molecule has 0 amide bonds. The Morgan fingerprint density at radius 3 is 2.26 bits per heavy atom. The van der Waals surface area contributed by atoms with Crippen molar-refractivity contribution in [2.24, 2.45) is 4.99 Å². The van der Waals surface area contributed by atoms with E-state index in [-0.39, 0.29) is 11.0 Å². The molecule has 0 unspecified atom stereocenters. The van der Waals surface area contributed by atoms with Crippen LogP contribution in [0.5, 0.6) is 0 Å². The molecule has 1 aliphatic carbocycles. The number of nitrogens with zero attached hydrogens (tertiary/aromatic N) is 1. The molecule has 1 fully saturated rings. The fraction of sp³-hybridized carbons (Fsp3) is 0.588. The quantitative estimate of drug-likeness (QED) is 0.781. The highest BCUT2D eigenvalue weighted by molar-refractivity contribution is 5.90. The highest BCUT2D eigenvalue weighted by Crippen LogP contribution is 2.43. The molecule has 1 aromatic rings. The van der Waals surface area contributed by atoms with Crippen molar-refractivity contribution < 1.29 is 4.74 Å². The highest BCUT2D eigenvalue weighted by Gasteiger charge is 2.44. The molecule has 2 aliphatic rings. The Hall–Kier alpha value is -1.31. The van der Waals surface area contributed by atoms with Gasteiger partial charge < -0.3 is 4.74 Å². The summed E-state index contributed by atoms with van der Waals surface area (Å²) >= 11 is 0. The van der Waals surface area contributed by atoms with Gasteiger partial charge in [0, 0.05) is 0 Å². The summed E-state index contributed by atoms with van der Waals surface area (Å²) in [6.07, 6.45) is 6.23. The van der Waals surface area contributed by atoms with E-state index in [0.717, 1.165) is 12.5 Å². The van der Waals surface area contributed by atoms with E-state index < -0.39 is 0 Å². The fourth-order valence-electron chi connectivity index (χ4n) is 3.37. The van der Waals surface area contributed by atoms with E-state index in [2.05, 4.69) is 44.2 Å². The summed E-state index contributed by atoms with van der Waals surface area (Å²) in [6, 6.07) is 10.8. The lowest BCUT2D eigenvalue weighted by Gasteiger charge is -2.36. The minimum absolute atomic E-state index is 0.0350. The molecule has 19 heavy (non-hydrogen) atoms. The molecule has 0 spiro atoms. The third kappa shape index (κ3) is 2.29.